The van der Waals surface area contributed by atoms with Crippen LogP contribution in [-0.2, 0) is 4.74 Å². The maximum atomic E-state index is 14.0. The van der Waals surface area contributed by atoms with Gasteiger partial charge in [-0.25, -0.2) is 9.37 Å². The van der Waals surface area contributed by atoms with Gasteiger partial charge in [0.25, 0.3) is 0 Å². The lowest BCUT2D eigenvalue weighted by Gasteiger charge is -2.37. The Hall–Kier alpha value is -2.41. The van der Waals surface area contributed by atoms with E-state index in [0.29, 0.717) is 5.69 Å². The molecule has 2 saturated heterocycles. The van der Waals surface area contributed by atoms with Crippen molar-refractivity contribution in [1.82, 2.24) is 9.97 Å². The average Bonchev–Trinajstić information content (AvgIpc) is 2.69. The van der Waals surface area contributed by atoms with Crippen LogP contribution < -0.4 is 14.7 Å². The maximum Gasteiger partial charge on any atom is 0.227 e. The van der Waals surface area contributed by atoms with Gasteiger partial charge < -0.3 is 19.4 Å². The molecule has 0 unspecified atom stereocenters. The summed E-state index contributed by atoms with van der Waals surface area (Å²) in [4.78, 5) is 15.6. The lowest BCUT2D eigenvalue weighted by Crippen LogP contribution is -2.47. The first-order valence-electron chi connectivity index (χ1n) is 8.71. The molecule has 4 rings (SSSR count). The van der Waals surface area contributed by atoms with Crippen LogP contribution in [0.25, 0.3) is 0 Å². The summed E-state index contributed by atoms with van der Waals surface area (Å²) in [5.41, 5.74) is 0.679. The fourth-order valence-corrected chi connectivity index (χ4v) is 3.32. The van der Waals surface area contributed by atoms with E-state index >= 15 is 0 Å². The van der Waals surface area contributed by atoms with Crippen molar-refractivity contribution in [3.63, 3.8) is 0 Å². The lowest BCUT2D eigenvalue weighted by molar-refractivity contribution is 0.122. The van der Waals surface area contributed by atoms with E-state index in [0.717, 1.165) is 64.2 Å². The van der Waals surface area contributed by atoms with Crippen LogP contribution in [0.15, 0.2) is 36.5 Å². The fourth-order valence-electron chi connectivity index (χ4n) is 3.32. The third kappa shape index (κ3) is 3.51. The number of anilines is 3. The number of nitrogens with zero attached hydrogens (tertiary/aromatic N) is 5. The summed E-state index contributed by atoms with van der Waals surface area (Å²) in [6.07, 6.45) is 1.82. The summed E-state index contributed by atoms with van der Waals surface area (Å²) in [6, 6.07) is 8.91. The third-order valence-corrected chi connectivity index (χ3v) is 4.72. The first-order chi connectivity index (χ1) is 12.3. The van der Waals surface area contributed by atoms with Crippen molar-refractivity contribution in [2.75, 3.05) is 67.2 Å². The van der Waals surface area contributed by atoms with E-state index in [-0.39, 0.29) is 5.82 Å². The number of rotatable bonds is 3. The van der Waals surface area contributed by atoms with Gasteiger partial charge in [0.2, 0.25) is 5.95 Å². The van der Waals surface area contributed by atoms with Crippen LogP contribution in [0.1, 0.15) is 0 Å². The zero-order valence-electron chi connectivity index (χ0n) is 14.1. The van der Waals surface area contributed by atoms with E-state index in [2.05, 4.69) is 19.7 Å². The molecule has 0 saturated carbocycles. The number of piperazine rings is 1. The van der Waals surface area contributed by atoms with Crippen molar-refractivity contribution < 1.29 is 9.13 Å². The molecule has 0 radical (unpaired) electrons. The molecule has 0 amide bonds. The highest BCUT2D eigenvalue weighted by atomic mass is 19.1. The molecule has 7 heteroatoms. The number of benzene rings is 1. The van der Waals surface area contributed by atoms with Crippen molar-refractivity contribution in [2.45, 2.75) is 0 Å². The molecule has 132 valence electrons. The Morgan fingerprint density at radius 3 is 2.32 bits per heavy atom. The van der Waals surface area contributed by atoms with Crippen LogP contribution in [-0.4, -0.2) is 62.5 Å². The monoisotopic (exact) mass is 343 g/mol. The Morgan fingerprint density at radius 2 is 1.56 bits per heavy atom. The quantitative estimate of drug-likeness (QED) is 0.847. The fraction of sp³-hybridized carbons (Fsp3) is 0.444. The highest BCUT2D eigenvalue weighted by Gasteiger charge is 2.21. The molecular formula is C18H22FN5O. The summed E-state index contributed by atoms with van der Waals surface area (Å²) in [6.45, 7) is 6.26. The summed E-state index contributed by atoms with van der Waals surface area (Å²) in [7, 11) is 0. The molecular weight excluding hydrogens is 321 g/mol. The predicted octanol–water partition coefficient (Wildman–Crippen LogP) is 1.78. The van der Waals surface area contributed by atoms with E-state index in [1.54, 1.807) is 6.07 Å². The van der Waals surface area contributed by atoms with Crippen molar-refractivity contribution in [1.29, 1.82) is 0 Å². The van der Waals surface area contributed by atoms with E-state index in [9.17, 15) is 4.39 Å². The molecule has 2 aliphatic heterocycles. The van der Waals surface area contributed by atoms with Gasteiger partial charge in [0.1, 0.15) is 11.6 Å². The molecule has 0 bridgehead atoms. The van der Waals surface area contributed by atoms with E-state index in [1.165, 1.54) is 6.07 Å². The van der Waals surface area contributed by atoms with Crippen molar-refractivity contribution in [3.8, 4) is 0 Å². The van der Waals surface area contributed by atoms with Gasteiger partial charge in [-0.1, -0.05) is 12.1 Å². The summed E-state index contributed by atoms with van der Waals surface area (Å²) in [5, 5.41) is 0. The summed E-state index contributed by atoms with van der Waals surface area (Å²) in [5.74, 6) is 1.54. The van der Waals surface area contributed by atoms with Gasteiger partial charge in [-0.15, -0.1) is 0 Å². The van der Waals surface area contributed by atoms with Crippen LogP contribution in [0.5, 0.6) is 0 Å². The maximum absolute atomic E-state index is 14.0. The second kappa shape index (κ2) is 7.23. The molecule has 1 aromatic heterocycles. The van der Waals surface area contributed by atoms with Crippen LogP contribution in [0, 0.1) is 5.82 Å². The highest BCUT2D eigenvalue weighted by Crippen LogP contribution is 2.22. The van der Waals surface area contributed by atoms with Gasteiger partial charge in [0.05, 0.1) is 18.9 Å². The van der Waals surface area contributed by atoms with Gasteiger partial charge in [-0.05, 0) is 18.2 Å². The minimum atomic E-state index is -0.160. The minimum Gasteiger partial charge on any atom is -0.378 e. The van der Waals surface area contributed by atoms with Crippen molar-refractivity contribution in [2.24, 2.45) is 0 Å². The molecule has 0 spiro atoms. The highest BCUT2D eigenvalue weighted by molar-refractivity contribution is 5.51. The van der Waals surface area contributed by atoms with E-state index in [4.69, 9.17) is 9.72 Å². The van der Waals surface area contributed by atoms with E-state index in [1.807, 2.05) is 24.4 Å². The Kier molecular flexibility index (Phi) is 4.65. The topological polar surface area (TPSA) is 44.7 Å². The molecule has 0 N–H and O–H groups in total. The standard InChI is InChI=1S/C18H22FN5O/c19-15-3-1-2-4-16(15)22-7-9-23(10-8-22)17-5-6-20-18(21-17)24-11-13-25-14-12-24/h1-6H,7-14H2. The zero-order chi connectivity index (χ0) is 17.1. The number of aromatic nitrogens is 2. The molecule has 2 aromatic rings. The molecule has 1 aromatic carbocycles. The van der Waals surface area contributed by atoms with Gasteiger partial charge in [0, 0.05) is 45.5 Å². The summed E-state index contributed by atoms with van der Waals surface area (Å²) >= 11 is 0. The molecule has 2 fully saturated rings. The molecule has 3 heterocycles. The van der Waals surface area contributed by atoms with Gasteiger partial charge in [0.15, 0.2) is 0 Å². The van der Waals surface area contributed by atoms with Crippen LogP contribution in [0.2, 0.25) is 0 Å². The largest absolute Gasteiger partial charge is 0.378 e. The Morgan fingerprint density at radius 1 is 0.840 bits per heavy atom. The van der Waals surface area contributed by atoms with Crippen LogP contribution in [0.3, 0.4) is 0 Å². The number of ether oxygens (including phenoxy) is 1. The number of morpholine rings is 1. The first kappa shape index (κ1) is 16.1. The molecule has 6 nitrogen and oxygen atoms in total. The first-order valence-corrected chi connectivity index (χ1v) is 8.71. The van der Waals surface area contributed by atoms with Crippen LogP contribution >= 0.6 is 0 Å². The van der Waals surface area contributed by atoms with Gasteiger partial charge in [-0.3, -0.25) is 0 Å². The van der Waals surface area contributed by atoms with Crippen molar-refractivity contribution >= 4 is 17.5 Å². The lowest BCUT2D eigenvalue weighted by atomic mass is 10.2. The predicted molar refractivity (Wildman–Crippen MR) is 95.9 cm³/mol. The summed E-state index contributed by atoms with van der Waals surface area (Å²) < 4.78 is 19.3. The van der Waals surface area contributed by atoms with Crippen molar-refractivity contribution in [3.05, 3.63) is 42.3 Å². The number of halogens is 1. The molecule has 25 heavy (non-hydrogen) atoms. The van der Waals surface area contributed by atoms with Gasteiger partial charge in [-0.2, -0.15) is 4.98 Å². The second-order valence-corrected chi connectivity index (χ2v) is 6.24. The molecule has 2 aliphatic rings. The second-order valence-electron chi connectivity index (χ2n) is 6.24. The van der Waals surface area contributed by atoms with Gasteiger partial charge >= 0.3 is 0 Å². The smallest absolute Gasteiger partial charge is 0.227 e. The number of para-hydroxylation sites is 1. The number of hydrogen-bond acceptors (Lipinski definition) is 6. The van der Waals surface area contributed by atoms with Crippen LogP contribution in [0.4, 0.5) is 21.8 Å². The molecule has 0 aliphatic carbocycles. The Labute approximate surface area is 146 Å². The Balaban J connectivity index is 1.43. The Bertz CT molecular complexity index is 714. The molecule has 0 atom stereocenters. The third-order valence-electron chi connectivity index (χ3n) is 4.72. The normalized spacial score (nSPS) is 18.5. The number of hydrogen-bond donors (Lipinski definition) is 0. The average molecular weight is 343 g/mol. The van der Waals surface area contributed by atoms with E-state index < -0.39 is 0 Å². The zero-order valence-corrected chi connectivity index (χ0v) is 14.1. The minimum absolute atomic E-state index is 0.160. The SMILES string of the molecule is Fc1ccccc1N1CCN(c2ccnc(N3CCOCC3)n2)CC1.